The van der Waals surface area contributed by atoms with Gasteiger partial charge in [-0.05, 0) is 25.5 Å². The van der Waals surface area contributed by atoms with Crippen LogP contribution in [-0.4, -0.2) is 42.5 Å². The number of anilines is 1. The Bertz CT molecular complexity index is 627. The van der Waals surface area contributed by atoms with Crippen LogP contribution in [0.25, 0.3) is 10.9 Å². The Morgan fingerprint density at radius 2 is 2.15 bits per heavy atom. The summed E-state index contributed by atoms with van der Waals surface area (Å²) in [5.74, 6) is 0. The van der Waals surface area contributed by atoms with E-state index in [-0.39, 0.29) is 12.7 Å². The molecule has 4 heteroatoms. The van der Waals surface area contributed by atoms with Gasteiger partial charge in [-0.1, -0.05) is 18.2 Å². The van der Waals surface area contributed by atoms with Gasteiger partial charge in [-0.25, -0.2) is 0 Å². The molecule has 0 unspecified atom stereocenters. The highest BCUT2D eigenvalue weighted by Crippen LogP contribution is 2.32. The van der Waals surface area contributed by atoms with Gasteiger partial charge in [0.15, 0.2) is 0 Å². The van der Waals surface area contributed by atoms with Crippen molar-refractivity contribution in [3.05, 3.63) is 35.5 Å². The number of ether oxygens (including phenoxy) is 1. The number of aryl methyl sites for hydroxylation is 1. The van der Waals surface area contributed by atoms with Crippen molar-refractivity contribution in [2.24, 2.45) is 0 Å². The number of para-hydroxylation sites is 1. The minimum absolute atomic E-state index is 0.0670. The molecule has 1 atom stereocenters. The Morgan fingerprint density at radius 3 is 2.95 bits per heavy atom. The Morgan fingerprint density at radius 1 is 1.35 bits per heavy atom. The highest BCUT2D eigenvalue weighted by atomic mass is 16.5. The van der Waals surface area contributed by atoms with E-state index in [1.807, 2.05) is 12.1 Å². The lowest BCUT2D eigenvalue weighted by Crippen LogP contribution is -2.44. The molecule has 2 heterocycles. The van der Waals surface area contributed by atoms with Crippen molar-refractivity contribution in [1.82, 2.24) is 4.98 Å². The van der Waals surface area contributed by atoms with E-state index >= 15 is 0 Å². The number of morpholine rings is 1. The number of aliphatic hydroxyl groups is 1. The van der Waals surface area contributed by atoms with Crippen molar-refractivity contribution in [1.29, 1.82) is 0 Å². The lowest BCUT2D eigenvalue weighted by molar-refractivity contribution is 0.00361. The minimum atomic E-state index is -0.101. The van der Waals surface area contributed by atoms with Crippen LogP contribution >= 0.6 is 0 Å². The maximum Gasteiger partial charge on any atom is 0.0980 e. The highest BCUT2D eigenvalue weighted by Gasteiger charge is 2.23. The SMILES string of the molecule is Cc1nc2ccccc2c(N2CCO[C@H](CO)C2)c1C. The average molecular weight is 272 g/mol. The summed E-state index contributed by atoms with van der Waals surface area (Å²) in [5, 5.41) is 10.5. The maximum absolute atomic E-state index is 9.33. The molecule has 1 fully saturated rings. The van der Waals surface area contributed by atoms with Crippen molar-refractivity contribution in [2.75, 3.05) is 31.2 Å². The van der Waals surface area contributed by atoms with Gasteiger partial charge in [0.1, 0.15) is 0 Å². The zero-order valence-electron chi connectivity index (χ0n) is 12.0. The van der Waals surface area contributed by atoms with Crippen LogP contribution in [0.5, 0.6) is 0 Å². The molecule has 3 rings (SSSR count). The van der Waals surface area contributed by atoms with Crippen LogP contribution in [-0.2, 0) is 4.74 Å². The van der Waals surface area contributed by atoms with Gasteiger partial charge in [-0.3, -0.25) is 4.98 Å². The summed E-state index contributed by atoms with van der Waals surface area (Å²) in [5.41, 5.74) is 4.53. The molecule has 2 aromatic rings. The Kier molecular flexibility index (Phi) is 3.59. The van der Waals surface area contributed by atoms with Gasteiger partial charge < -0.3 is 14.7 Å². The molecule has 0 amide bonds. The number of hydrogen-bond acceptors (Lipinski definition) is 4. The summed E-state index contributed by atoms with van der Waals surface area (Å²) < 4.78 is 5.55. The van der Waals surface area contributed by atoms with Gasteiger partial charge >= 0.3 is 0 Å². The summed E-state index contributed by atoms with van der Waals surface area (Å²) in [6.45, 7) is 6.47. The second kappa shape index (κ2) is 5.38. The second-order valence-electron chi connectivity index (χ2n) is 5.31. The van der Waals surface area contributed by atoms with Crippen molar-refractivity contribution in [3.63, 3.8) is 0 Å². The van der Waals surface area contributed by atoms with E-state index < -0.39 is 0 Å². The predicted molar refractivity (Wildman–Crippen MR) is 80.3 cm³/mol. The van der Waals surface area contributed by atoms with Crippen molar-refractivity contribution >= 4 is 16.6 Å². The average Bonchev–Trinajstić information content (AvgIpc) is 2.48. The first kappa shape index (κ1) is 13.3. The molecule has 0 aliphatic carbocycles. The number of nitrogens with zero attached hydrogens (tertiary/aromatic N) is 2. The summed E-state index contributed by atoms with van der Waals surface area (Å²) in [7, 11) is 0. The molecule has 1 N–H and O–H groups in total. The van der Waals surface area contributed by atoms with Gasteiger partial charge in [0, 0.05) is 24.2 Å². The molecular formula is C16H20N2O2. The molecule has 1 aliphatic rings. The normalized spacial score (nSPS) is 19.6. The molecule has 1 saturated heterocycles. The third-order valence-corrected chi connectivity index (χ3v) is 4.00. The van der Waals surface area contributed by atoms with Crippen molar-refractivity contribution in [2.45, 2.75) is 20.0 Å². The third kappa shape index (κ3) is 2.25. The van der Waals surface area contributed by atoms with E-state index in [0.717, 1.165) is 24.3 Å². The van der Waals surface area contributed by atoms with Crippen molar-refractivity contribution < 1.29 is 9.84 Å². The fourth-order valence-corrected chi connectivity index (χ4v) is 2.85. The summed E-state index contributed by atoms with van der Waals surface area (Å²) in [6.07, 6.45) is -0.101. The number of aromatic nitrogens is 1. The first-order valence-corrected chi connectivity index (χ1v) is 7.04. The van der Waals surface area contributed by atoms with Gasteiger partial charge in [-0.2, -0.15) is 0 Å². The van der Waals surface area contributed by atoms with E-state index in [1.54, 1.807) is 0 Å². The molecule has 0 saturated carbocycles. The molecule has 0 spiro atoms. The Balaban J connectivity index is 2.11. The summed E-state index contributed by atoms with van der Waals surface area (Å²) in [4.78, 5) is 6.98. The van der Waals surface area contributed by atoms with E-state index in [4.69, 9.17) is 4.74 Å². The summed E-state index contributed by atoms with van der Waals surface area (Å²) in [6, 6.07) is 8.23. The van der Waals surface area contributed by atoms with Crippen LogP contribution in [0.15, 0.2) is 24.3 Å². The minimum Gasteiger partial charge on any atom is -0.394 e. The van der Waals surface area contributed by atoms with E-state index in [0.29, 0.717) is 6.61 Å². The van der Waals surface area contributed by atoms with Crippen LogP contribution in [0, 0.1) is 13.8 Å². The van der Waals surface area contributed by atoms with Crippen LogP contribution in [0.3, 0.4) is 0 Å². The van der Waals surface area contributed by atoms with Gasteiger partial charge in [0.05, 0.1) is 30.5 Å². The molecule has 0 bridgehead atoms. The zero-order valence-corrected chi connectivity index (χ0v) is 12.0. The number of hydrogen-bond donors (Lipinski definition) is 1. The molecule has 4 nitrogen and oxygen atoms in total. The molecule has 0 radical (unpaired) electrons. The highest BCUT2D eigenvalue weighted by molar-refractivity contribution is 5.93. The quantitative estimate of drug-likeness (QED) is 0.909. The monoisotopic (exact) mass is 272 g/mol. The summed E-state index contributed by atoms with van der Waals surface area (Å²) >= 11 is 0. The number of fused-ring (bicyclic) bond motifs is 1. The molecular weight excluding hydrogens is 252 g/mol. The standard InChI is InChI=1S/C16H20N2O2/c1-11-12(2)17-15-6-4-3-5-14(15)16(11)18-7-8-20-13(9-18)10-19/h3-6,13,19H,7-10H2,1-2H3/t13-/m0/s1. The first-order chi connectivity index (χ1) is 9.70. The Labute approximate surface area is 119 Å². The predicted octanol–water partition coefficient (Wildman–Crippen LogP) is 2.05. The molecule has 1 aromatic heterocycles. The smallest absolute Gasteiger partial charge is 0.0980 e. The molecule has 20 heavy (non-hydrogen) atoms. The van der Waals surface area contributed by atoms with Gasteiger partial charge in [0.25, 0.3) is 0 Å². The topological polar surface area (TPSA) is 45.6 Å². The molecule has 106 valence electrons. The van der Waals surface area contributed by atoms with Gasteiger partial charge in [-0.15, -0.1) is 0 Å². The van der Waals surface area contributed by atoms with Gasteiger partial charge in [0.2, 0.25) is 0 Å². The maximum atomic E-state index is 9.33. The van der Waals surface area contributed by atoms with Crippen LogP contribution in [0.2, 0.25) is 0 Å². The zero-order chi connectivity index (χ0) is 14.1. The molecule has 1 aliphatic heterocycles. The van der Waals surface area contributed by atoms with E-state index in [1.165, 1.54) is 16.6 Å². The lowest BCUT2D eigenvalue weighted by Gasteiger charge is -2.35. The van der Waals surface area contributed by atoms with Crippen LogP contribution < -0.4 is 4.90 Å². The Hall–Kier alpha value is -1.65. The number of benzene rings is 1. The number of rotatable bonds is 2. The van der Waals surface area contributed by atoms with Crippen molar-refractivity contribution in [3.8, 4) is 0 Å². The second-order valence-corrected chi connectivity index (χ2v) is 5.31. The van der Waals surface area contributed by atoms with Crippen LogP contribution in [0.1, 0.15) is 11.3 Å². The first-order valence-electron chi connectivity index (χ1n) is 7.04. The number of aliphatic hydroxyl groups excluding tert-OH is 1. The fourth-order valence-electron chi connectivity index (χ4n) is 2.85. The fraction of sp³-hybridized carbons (Fsp3) is 0.438. The lowest BCUT2D eigenvalue weighted by atomic mass is 10.1. The largest absolute Gasteiger partial charge is 0.394 e. The van der Waals surface area contributed by atoms with E-state index in [2.05, 4.69) is 35.9 Å². The van der Waals surface area contributed by atoms with E-state index in [9.17, 15) is 5.11 Å². The van der Waals surface area contributed by atoms with Crippen LogP contribution in [0.4, 0.5) is 5.69 Å². The molecule has 1 aromatic carbocycles. The third-order valence-electron chi connectivity index (χ3n) is 4.00. The number of pyridine rings is 1.